The molecule has 94 valence electrons. The van der Waals surface area contributed by atoms with Crippen molar-refractivity contribution >= 4 is 11.6 Å². The van der Waals surface area contributed by atoms with Crippen LogP contribution in [0, 0.1) is 13.8 Å². The van der Waals surface area contributed by atoms with Crippen LogP contribution in [-0.4, -0.2) is 4.98 Å². The van der Waals surface area contributed by atoms with E-state index in [1.54, 1.807) is 6.20 Å². The lowest BCUT2D eigenvalue weighted by atomic mass is 9.96. The Morgan fingerprint density at radius 1 is 1.22 bits per heavy atom. The summed E-state index contributed by atoms with van der Waals surface area (Å²) in [5.74, 6) is 5.67. The molecule has 0 fully saturated rings. The van der Waals surface area contributed by atoms with Crippen LogP contribution in [-0.2, 0) is 0 Å². The van der Waals surface area contributed by atoms with E-state index in [1.807, 2.05) is 44.3 Å². The maximum absolute atomic E-state index is 6.16. The predicted octanol–water partition coefficient (Wildman–Crippen LogP) is 2.90. The van der Waals surface area contributed by atoms with Crippen LogP contribution >= 0.6 is 11.6 Å². The third-order valence-corrected chi connectivity index (χ3v) is 3.49. The van der Waals surface area contributed by atoms with Gasteiger partial charge in [-0.25, -0.2) is 5.43 Å². The Morgan fingerprint density at radius 3 is 2.61 bits per heavy atom. The highest BCUT2D eigenvalue weighted by molar-refractivity contribution is 6.31. The number of hydrogen-bond donors (Lipinski definition) is 2. The van der Waals surface area contributed by atoms with Crippen molar-refractivity contribution in [2.75, 3.05) is 0 Å². The second kappa shape index (κ2) is 5.48. The molecule has 0 radical (unpaired) electrons. The number of hydrogen-bond acceptors (Lipinski definition) is 3. The molecular formula is C14H16ClN3. The zero-order valence-electron chi connectivity index (χ0n) is 10.4. The molecule has 0 saturated carbocycles. The second-order valence-corrected chi connectivity index (χ2v) is 4.75. The lowest BCUT2D eigenvalue weighted by Crippen LogP contribution is -2.29. The number of benzene rings is 1. The van der Waals surface area contributed by atoms with Gasteiger partial charge in [0.2, 0.25) is 0 Å². The summed E-state index contributed by atoms with van der Waals surface area (Å²) in [5.41, 5.74) is 7.11. The molecule has 1 atom stereocenters. The van der Waals surface area contributed by atoms with Gasteiger partial charge in [0.25, 0.3) is 0 Å². The summed E-state index contributed by atoms with van der Waals surface area (Å²) in [6.07, 6.45) is 3.60. The Balaban J connectivity index is 2.45. The van der Waals surface area contributed by atoms with Gasteiger partial charge in [-0.1, -0.05) is 23.7 Å². The fourth-order valence-electron chi connectivity index (χ4n) is 1.93. The summed E-state index contributed by atoms with van der Waals surface area (Å²) in [5, 5.41) is 0.745. The Hall–Kier alpha value is -1.42. The van der Waals surface area contributed by atoms with Gasteiger partial charge in [-0.05, 0) is 48.2 Å². The van der Waals surface area contributed by atoms with Crippen LogP contribution in [0.25, 0.3) is 0 Å². The number of nitrogens with two attached hydrogens (primary N) is 1. The zero-order valence-corrected chi connectivity index (χ0v) is 11.2. The molecule has 1 heterocycles. The molecule has 0 aliphatic heterocycles. The third kappa shape index (κ3) is 2.53. The van der Waals surface area contributed by atoms with Gasteiger partial charge >= 0.3 is 0 Å². The number of hydrazine groups is 1. The van der Waals surface area contributed by atoms with E-state index < -0.39 is 0 Å². The van der Waals surface area contributed by atoms with Gasteiger partial charge in [0.05, 0.1) is 6.04 Å². The van der Waals surface area contributed by atoms with Crippen LogP contribution in [0.3, 0.4) is 0 Å². The first-order chi connectivity index (χ1) is 8.63. The van der Waals surface area contributed by atoms with E-state index >= 15 is 0 Å². The first kappa shape index (κ1) is 13.0. The molecule has 0 aliphatic carbocycles. The molecule has 1 aromatic heterocycles. The van der Waals surface area contributed by atoms with E-state index in [0.29, 0.717) is 0 Å². The average molecular weight is 262 g/mol. The fourth-order valence-corrected chi connectivity index (χ4v) is 2.12. The minimum atomic E-state index is -0.100. The Morgan fingerprint density at radius 2 is 2.00 bits per heavy atom. The standard InChI is InChI=1S/C14H16ClN3/c1-9-5-6-17-8-12(9)14(18-16)11-4-3-10(2)13(15)7-11/h3-8,14,18H,16H2,1-2H3. The first-order valence-corrected chi connectivity index (χ1v) is 6.14. The number of aryl methyl sites for hydroxylation is 2. The predicted molar refractivity (Wildman–Crippen MR) is 74.3 cm³/mol. The van der Waals surface area contributed by atoms with Crippen molar-refractivity contribution in [3.63, 3.8) is 0 Å². The first-order valence-electron chi connectivity index (χ1n) is 5.76. The number of aromatic nitrogens is 1. The topological polar surface area (TPSA) is 50.9 Å². The van der Waals surface area contributed by atoms with Gasteiger partial charge in [-0.2, -0.15) is 0 Å². The van der Waals surface area contributed by atoms with Crippen molar-refractivity contribution in [1.82, 2.24) is 10.4 Å². The third-order valence-electron chi connectivity index (χ3n) is 3.09. The van der Waals surface area contributed by atoms with Gasteiger partial charge in [0.1, 0.15) is 0 Å². The molecule has 0 spiro atoms. The summed E-state index contributed by atoms with van der Waals surface area (Å²) >= 11 is 6.16. The minimum absolute atomic E-state index is 0.100. The number of halogens is 1. The monoisotopic (exact) mass is 261 g/mol. The van der Waals surface area contributed by atoms with Crippen LogP contribution in [0.5, 0.6) is 0 Å². The van der Waals surface area contributed by atoms with Gasteiger partial charge in [-0.3, -0.25) is 10.8 Å². The van der Waals surface area contributed by atoms with E-state index in [0.717, 1.165) is 27.3 Å². The van der Waals surface area contributed by atoms with Crippen LogP contribution in [0.2, 0.25) is 5.02 Å². The lowest BCUT2D eigenvalue weighted by Gasteiger charge is -2.19. The fraction of sp³-hybridized carbons (Fsp3) is 0.214. The van der Waals surface area contributed by atoms with Crippen molar-refractivity contribution < 1.29 is 0 Å². The quantitative estimate of drug-likeness (QED) is 0.660. The zero-order chi connectivity index (χ0) is 13.1. The van der Waals surface area contributed by atoms with E-state index in [9.17, 15) is 0 Å². The number of nitrogens with zero attached hydrogens (tertiary/aromatic N) is 1. The number of nitrogens with one attached hydrogen (secondary N) is 1. The summed E-state index contributed by atoms with van der Waals surface area (Å²) in [4.78, 5) is 4.15. The van der Waals surface area contributed by atoms with E-state index in [4.69, 9.17) is 17.4 Å². The smallest absolute Gasteiger partial charge is 0.0728 e. The van der Waals surface area contributed by atoms with E-state index in [-0.39, 0.29) is 6.04 Å². The molecule has 18 heavy (non-hydrogen) atoms. The summed E-state index contributed by atoms with van der Waals surface area (Å²) < 4.78 is 0. The van der Waals surface area contributed by atoms with E-state index in [1.165, 1.54) is 0 Å². The summed E-state index contributed by atoms with van der Waals surface area (Å²) in [6, 6.07) is 7.83. The molecule has 0 amide bonds. The van der Waals surface area contributed by atoms with Gasteiger partial charge in [0.15, 0.2) is 0 Å². The molecule has 0 bridgehead atoms. The van der Waals surface area contributed by atoms with E-state index in [2.05, 4.69) is 10.4 Å². The molecule has 1 aromatic carbocycles. The van der Waals surface area contributed by atoms with Gasteiger partial charge < -0.3 is 0 Å². The Kier molecular flexibility index (Phi) is 3.97. The molecule has 3 N–H and O–H groups in total. The maximum Gasteiger partial charge on any atom is 0.0728 e. The van der Waals surface area contributed by atoms with Gasteiger partial charge in [0, 0.05) is 17.4 Å². The molecule has 4 heteroatoms. The highest BCUT2D eigenvalue weighted by Gasteiger charge is 2.15. The molecule has 3 nitrogen and oxygen atoms in total. The van der Waals surface area contributed by atoms with Crippen LogP contribution < -0.4 is 11.3 Å². The molecule has 0 saturated heterocycles. The van der Waals surface area contributed by atoms with Crippen LogP contribution in [0.15, 0.2) is 36.7 Å². The highest BCUT2D eigenvalue weighted by atomic mass is 35.5. The van der Waals surface area contributed by atoms with Crippen molar-refractivity contribution in [2.45, 2.75) is 19.9 Å². The molecule has 1 unspecified atom stereocenters. The second-order valence-electron chi connectivity index (χ2n) is 4.34. The molecule has 2 aromatic rings. The minimum Gasteiger partial charge on any atom is -0.271 e. The number of pyridine rings is 1. The average Bonchev–Trinajstić information content (AvgIpc) is 2.37. The summed E-state index contributed by atoms with van der Waals surface area (Å²) in [7, 11) is 0. The van der Waals surface area contributed by atoms with Gasteiger partial charge in [-0.15, -0.1) is 0 Å². The SMILES string of the molecule is Cc1ccc(C(NN)c2cnccc2C)cc1Cl. The lowest BCUT2D eigenvalue weighted by molar-refractivity contribution is 0.631. The molecular weight excluding hydrogens is 246 g/mol. The largest absolute Gasteiger partial charge is 0.271 e. The number of rotatable bonds is 3. The van der Waals surface area contributed by atoms with Crippen molar-refractivity contribution in [3.8, 4) is 0 Å². The maximum atomic E-state index is 6.16. The Labute approximate surface area is 112 Å². The Bertz CT molecular complexity index is 554. The van der Waals surface area contributed by atoms with Crippen molar-refractivity contribution in [3.05, 3.63) is 63.9 Å². The van der Waals surface area contributed by atoms with Crippen molar-refractivity contribution in [2.24, 2.45) is 5.84 Å². The van der Waals surface area contributed by atoms with Crippen molar-refractivity contribution in [1.29, 1.82) is 0 Å². The molecule has 2 rings (SSSR count). The van der Waals surface area contributed by atoms with Crippen LogP contribution in [0.1, 0.15) is 28.3 Å². The molecule has 0 aliphatic rings. The van der Waals surface area contributed by atoms with Crippen LogP contribution in [0.4, 0.5) is 0 Å². The summed E-state index contributed by atoms with van der Waals surface area (Å²) in [6.45, 7) is 4.02. The highest BCUT2D eigenvalue weighted by Crippen LogP contribution is 2.26. The normalized spacial score (nSPS) is 12.4.